The second kappa shape index (κ2) is 6.70. The number of rotatable bonds is 3. The summed E-state index contributed by atoms with van der Waals surface area (Å²) < 4.78 is 14.6. The van der Waals surface area contributed by atoms with Crippen molar-refractivity contribution in [3.8, 4) is 0 Å². The minimum atomic E-state index is -0.475. The average molecular weight is 421 g/mol. The van der Waals surface area contributed by atoms with Crippen LogP contribution in [0.2, 0.25) is 5.02 Å². The van der Waals surface area contributed by atoms with E-state index in [1.54, 1.807) is 24.3 Å². The van der Waals surface area contributed by atoms with Crippen molar-refractivity contribution in [1.29, 1.82) is 0 Å². The second-order valence-electron chi connectivity index (χ2n) is 4.06. The zero-order valence-electron chi connectivity index (χ0n) is 10.1. The molecular weight excluding hydrogens is 412 g/mol. The number of benzene rings is 2. The van der Waals surface area contributed by atoms with Crippen molar-refractivity contribution in [3.05, 3.63) is 67.3 Å². The highest BCUT2D eigenvalue weighted by molar-refractivity contribution is 9.11. The number of hydrogen-bond acceptors (Lipinski definition) is 1. The van der Waals surface area contributed by atoms with Gasteiger partial charge in [-0.15, -0.1) is 0 Å². The Morgan fingerprint density at radius 2 is 1.95 bits per heavy atom. The fraction of sp³-hybridized carbons (Fsp3) is 0.0714. The summed E-state index contributed by atoms with van der Waals surface area (Å²) >= 11 is 12.3. The van der Waals surface area contributed by atoms with Crippen LogP contribution in [0, 0.1) is 5.82 Å². The Kier molecular flexibility index (Phi) is 5.18. The summed E-state index contributed by atoms with van der Waals surface area (Å²) in [6, 6.07) is 9.64. The Balaban J connectivity index is 2.06. The molecule has 2 rings (SSSR count). The lowest BCUT2D eigenvalue weighted by molar-refractivity contribution is 0.0950. The molecule has 0 unspecified atom stereocenters. The van der Waals surface area contributed by atoms with Crippen molar-refractivity contribution in [2.75, 3.05) is 0 Å². The molecule has 2 aromatic rings. The summed E-state index contributed by atoms with van der Waals surface area (Å²) in [5.41, 5.74) is 1.26. The summed E-state index contributed by atoms with van der Waals surface area (Å²) in [6.45, 7) is 0.279. The average Bonchev–Trinajstić information content (AvgIpc) is 2.40. The van der Waals surface area contributed by atoms with Crippen molar-refractivity contribution in [1.82, 2.24) is 5.32 Å². The number of hydrogen-bond donors (Lipinski definition) is 1. The van der Waals surface area contributed by atoms with Crippen LogP contribution in [-0.2, 0) is 6.54 Å². The van der Waals surface area contributed by atoms with Crippen molar-refractivity contribution in [3.63, 3.8) is 0 Å². The first kappa shape index (κ1) is 15.5. The molecule has 1 amide bonds. The molecule has 104 valence electrons. The number of carbonyl (C=O) groups excluding carboxylic acids is 1. The molecule has 0 heterocycles. The van der Waals surface area contributed by atoms with Crippen LogP contribution in [0.3, 0.4) is 0 Å². The molecule has 0 aliphatic carbocycles. The van der Waals surface area contributed by atoms with Crippen LogP contribution in [0.15, 0.2) is 45.3 Å². The first-order chi connectivity index (χ1) is 9.47. The maximum absolute atomic E-state index is 13.0. The highest BCUT2D eigenvalue weighted by atomic mass is 79.9. The molecule has 0 bridgehead atoms. The van der Waals surface area contributed by atoms with Gasteiger partial charge in [0.25, 0.3) is 5.91 Å². The van der Waals surface area contributed by atoms with E-state index < -0.39 is 5.82 Å². The summed E-state index contributed by atoms with van der Waals surface area (Å²) in [5, 5.41) is 2.80. The fourth-order valence-corrected chi connectivity index (χ4v) is 3.03. The van der Waals surface area contributed by atoms with Gasteiger partial charge >= 0.3 is 0 Å². The predicted molar refractivity (Wildman–Crippen MR) is 84.4 cm³/mol. The monoisotopic (exact) mass is 419 g/mol. The minimum Gasteiger partial charge on any atom is -0.348 e. The van der Waals surface area contributed by atoms with Crippen molar-refractivity contribution >= 4 is 49.4 Å². The molecule has 0 aliphatic heterocycles. The first-order valence-electron chi connectivity index (χ1n) is 5.64. The van der Waals surface area contributed by atoms with Crippen LogP contribution < -0.4 is 5.32 Å². The lowest BCUT2D eigenvalue weighted by Gasteiger charge is -2.08. The molecule has 2 nitrogen and oxygen atoms in total. The lowest BCUT2D eigenvalue weighted by Crippen LogP contribution is -2.23. The van der Waals surface area contributed by atoms with Gasteiger partial charge in [-0.1, -0.05) is 33.6 Å². The van der Waals surface area contributed by atoms with Gasteiger partial charge in [0, 0.05) is 15.5 Å². The maximum atomic E-state index is 13.0. The van der Waals surface area contributed by atoms with Gasteiger partial charge in [-0.3, -0.25) is 4.79 Å². The van der Waals surface area contributed by atoms with Gasteiger partial charge in [0.15, 0.2) is 0 Å². The predicted octanol–water partition coefficient (Wildman–Crippen LogP) is 4.93. The summed E-state index contributed by atoms with van der Waals surface area (Å²) in [7, 11) is 0. The van der Waals surface area contributed by atoms with Gasteiger partial charge < -0.3 is 5.32 Å². The Morgan fingerprint density at radius 3 is 2.60 bits per heavy atom. The number of nitrogens with one attached hydrogen (secondary N) is 1. The molecule has 0 aliphatic rings. The van der Waals surface area contributed by atoms with Gasteiger partial charge in [-0.05, 0) is 51.8 Å². The number of carbonyl (C=O) groups is 1. The fourth-order valence-electron chi connectivity index (χ4n) is 1.60. The molecule has 0 fully saturated rings. The highest BCUT2D eigenvalue weighted by Crippen LogP contribution is 2.22. The van der Waals surface area contributed by atoms with E-state index in [9.17, 15) is 9.18 Å². The molecule has 6 heteroatoms. The van der Waals surface area contributed by atoms with Gasteiger partial charge in [0.2, 0.25) is 0 Å². The Morgan fingerprint density at radius 1 is 1.20 bits per heavy atom. The Hall–Kier alpha value is -0.910. The summed E-state index contributed by atoms with van der Waals surface area (Å²) in [5.74, 6) is -0.692. The van der Waals surface area contributed by atoms with Crippen LogP contribution >= 0.6 is 43.5 Å². The molecule has 0 saturated heterocycles. The number of halogens is 4. The van der Waals surface area contributed by atoms with Gasteiger partial charge in [0.1, 0.15) is 5.82 Å². The zero-order chi connectivity index (χ0) is 14.7. The van der Waals surface area contributed by atoms with E-state index in [1.165, 1.54) is 12.1 Å². The molecule has 0 atom stereocenters. The quantitative estimate of drug-likeness (QED) is 0.748. The van der Waals surface area contributed by atoms with E-state index in [1.807, 2.05) is 0 Å². The minimum absolute atomic E-state index is 0.0431. The topological polar surface area (TPSA) is 29.1 Å². The molecule has 20 heavy (non-hydrogen) atoms. The molecular formula is C14H9Br2ClFNO. The smallest absolute Gasteiger partial charge is 0.252 e. The number of amides is 1. The van der Waals surface area contributed by atoms with E-state index in [2.05, 4.69) is 37.2 Å². The largest absolute Gasteiger partial charge is 0.348 e. The molecule has 1 N–H and O–H groups in total. The summed E-state index contributed by atoms with van der Waals surface area (Å²) in [4.78, 5) is 12.0. The normalized spacial score (nSPS) is 10.4. The van der Waals surface area contributed by atoms with Gasteiger partial charge in [-0.2, -0.15) is 0 Å². The molecule has 2 aromatic carbocycles. The highest BCUT2D eigenvalue weighted by Gasteiger charge is 2.10. The van der Waals surface area contributed by atoms with E-state index in [4.69, 9.17) is 11.6 Å². The summed E-state index contributed by atoms with van der Waals surface area (Å²) in [6.07, 6.45) is 0. The van der Waals surface area contributed by atoms with E-state index in [-0.39, 0.29) is 17.5 Å². The zero-order valence-corrected chi connectivity index (χ0v) is 14.0. The van der Waals surface area contributed by atoms with Crippen molar-refractivity contribution < 1.29 is 9.18 Å². The molecule has 0 radical (unpaired) electrons. The van der Waals surface area contributed by atoms with E-state index in [0.717, 1.165) is 10.0 Å². The van der Waals surface area contributed by atoms with Crippen LogP contribution in [0.5, 0.6) is 0 Å². The van der Waals surface area contributed by atoms with Crippen LogP contribution in [0.25, 0.3) is 0 Å². The van der Waals surface area contributed by atoms with Crippen molar-refractivity contribution in [2.45, 2.75) is 6.54 Å². The Labute approximate surface area is 137 Å². The first-order valence-corrected chi connectivity index (χ1v) is 7.61. The SMILES string of the molecule is O=C(NCc1ccc(F)c(Cl)c1)c1ccc(Br)cc1Br. The van der Waals surface area contributed by atoms with Crippen LogP contribution in [0.4, 0.5) is 4.39 Å². The van der Waals surface area contributed by atoms with Crippen LogP contribution in [0.1, 0.15) is 15.9 Å². The molecule has 0 spiro atoms. The maximum Gasteiger partial charge on any atom is 0.252 e. The second-order valence-corrected chi connectivity index (χ2v) is 6.23. The third-order valence-corrected chi connectivity index (χ3v) is 4.05. The standard InChI is InChI=1S/C14H9Br2ClFNO/c15-9-2-3-10(11(16)6-9)14(20)19-7-8-1-4-13(18)12(17)5-8/h1-6H,7H2,(H,19,20). The third kappa shape index (κ3) is 3.81. The Bertz CT molecular complexity index is 664. The lowest BCUT2D eigenvalue weighted by atomic mass is 10.2. The van der Waals surface area contributed by atoms with Crippen LogP contribution in [-0.4, -0.2) is 5.91 Å². The van der Waals surface area contributed by atoms with Gasteiger partial charge in [0.05, 0.1) is 10.6 Å². The third-order valence-electron chi connectivity index (χ3n) is 2.61. The molecule has 0 aromatic heterocycles. The van der Waals surface area contributed by atoms with E-state index >= 15 is 0 Å². The van der Waals surface area contributed by atoms with E-state index in [0.29, 0.717) is 10.0 Å². The van der Waals surface area contributed by atoms with Gasteiger partial charge in [-0.25, -0.2) is 4.39 Å². The van der Waals surface area contributed by atoms with Crippen molar-refractivity contribution in [2.24, 2.45) is 0 Å². The molecule has 0 saturated carbocycles.